The van der Waals surface area contributed by atoms with Crippen molar-refractivity contribution in [2.75, 3.05) is 0 Å². The fraction of sp³-hybridized carbons (Fsp3) is 0. The molecule has 0 atom stereocenters. The van der Waals surface area contributed by atoms with Gasteiger partial charge in [0.2, 0.25) is 0 Å². The zero-order valence-electron chi connectivity index (χ0n) is 3.87. The fourth-order valence-electron chi connectivity index (χ4n) is 0.309. The molecule has 9 heavy (non-hydrogen) atoms. The average Bonchev–Trinajstić information content (AvgIpc) is 1.77. The molecule has 0 unspecified atom stereocenters. The Labute approximate surface area is 85.7 Å². The number of halogens is 1. The molecule has 0 spiro atoms. The van der Waals surface area contributed by atoms with Gasteiger partial charge in [0.05, 0.1) is 0 Å². The van der Waals surface area contributed by atoms with Crippen LogP contribution in [0.2, 0.25) is 5.15 Å². The SMILES string of the molecule is Sc1ccc(Cl)nn1.[NaH]. The van der Waals surface area contributed by atoms with Crippen molar-refractivity contribution in [1.82, 2.24) is 10.2 Å². The molecule has 1 rings (SSSR count). The Bertz CT molecular complexity index is 157. The molecule has 1 aromatic heterocycles. The van der Waals surface area contributed by atoms with Gasteiger partial charge < -0.3 is 0 Å². The number of hydrogen-bond donors (Lipinski definition) is 1. The normalized spacial score (nSPS) is 8.22. The second kappa shape index (κ2) is 4.52. The molecule has 1 aromatic rings. The summed E-state index contributed by atoms with van der Waals surface area (Å²) in [6.45, 7) is 0. The summed E-state index contributed by atoms with van der Waals surface area (Å²) in [5.74, 6) is 0. The molecule has 1 heterocycles. The molecule has 0 aromatic carbocycles. The molecule has 5 heteroatoms. The summed E-state index contributed by atoms with van der Waals surface area (Å²) < 4.78 is 0. The number of hydrogen-bond acceptors (Lipinski definition) is 3. The Kier molecular flexibility index (Phi) is 4.88. The van der Waals surface area contributed by atoms with Crippen LogP contribution in [0.4, 0.5) is 0 Å². The quantitative estimate of drug-likeness (QED) is 0.460. The molecular formula is C4H4ClN2NaS. The number of thiol groups is 1. The third-order valence-electron chi connectivity index (χ3n) is 0.618. The van der Waals surface area contributed by atoms with Gasteiger partial charge in [0.25, 0.3) is 0 Å². The van der Waals surface area contributed by atoms with Crippen LogP contribution in [0.5, 0.6) is 0 Å². The Morgan fingerprint density at radius 2 is 2.00 bits per heavy atom. The van der Waals surface area contributed by atoms with Gasteiger partial charge in [-0.25, -0.2) is 0 Å². The van der Waals surface area contributed by atoms with Crippen LogP contribution in [0.15, 0.2) is 17.2 Å². The Balaban J connectivity index is 0.000000640. The molecular weight excluding hydrogens is 167 g/mol. The topological polar surface area (TPSA) is 25.8 Å². The fourth-order valence-corrected chi connectivity index (χ4v) is 0.529. The van der Waals surface area contributed by atoms with Crippen molar-refractivity contribution in [2.45, 2.75) is 5.03 Å². The van der Waals surface area contributed by atoms with Gasteiger partial charge in [-0.05, 0) is 12.1 Å². The van der Waals surface area contributed by atoms with Crippen LogP contribution in [0.3, 0.4) is 0 Å². The van der Waals surface area contributed by atoms with Crippen molar-refractivity contribution in [3.8, 4) is 0 Å². The number of aromatic nitrogens is 2. The van der Waals surface area contributed by atoms with E-state index in [1.165, 1.54) is 0 Å². The molecule has 0 aliphatic heterocycles. The van der Waals surface area contributed by atoms with Crippen molar-refractivity contribution in [1.29, 1.82) is 0 Å². The van der Waals surface area contributed by atoms with E-state index in [-0.39, 0.29) is 29.6 Å². The van der Waals surface area contributed by atoms with Gasteiger partial charge in [0.15, 0.2) is 5.15 Å². The van der Waals surface area contributed by atoms with Gasteiger partial charge in [0.1, 0.15) is 5.03 Å². The maximum atomic E-state index is 5.40. The van der Waals surface area contributed by atoms with Crippen LogP contribution in [0.1, 0.15) is 0 Å². The molecule has 0 amide bonds. The number of rotatable bonds is 0. The van der Waals surface area contributed by atoms with Gasteiger partial charge in [-0.1, -0.05) is 11.6 Å². The van der Waals surface area contributed by atoms with Crippen LogP contribution in [-0.4, -0.2) is 39.8 Å². The summed E-state index contributed by atoms with van der Waals surface area (Å²) in [6, 6.07) is 3.31. The van der Waals surface area contributed by atoms with Crippen LogP contribution >= 0.6 is 24.2 Å². The molecule has 0 aliphatic carbocycles. The van der Waals surface area contributed by atoms with Gasteiger partial charge in [0, 0.05) is 0 Å². The van der Waals surface area contributed by atoms with E-state index in [0.717, 1.165) is 0 Å². The first-order chi connectivity index (χ1) is 3.79. The predicted molar refractivity (Wildman–Crippen MR) is 41.4 cm³/mol. The van der Waals surface area contributed by atoms with E-state index in [0.29, 0.717) is 10.2 Å². The summed E-state index contributed by atoms with van der Waals surface area (Å²) in [4.78, 5) is 0. The standard InChI is InChI=1S/C4H3ClN2S.Na.H/c5-3-1-2-4(8)7-6-3;;/h1-2H,(H,7,8);;. The van der Waals surface area contributed by atoms with E-state index < -0.39 is 0 Å². The monoisotopic (exact) mass is 170 g/mol. The first kappa shape index (κ1) is 9.72. The van der Waals surface area contributed by atoms with E-state index >= 15 is 0 Å². The molecule has 0 saturated carbocycles. The van der Waals surface area contributed by atoms with Crippen LogP contribution < -0.4 is 0 Å². The Morgan fingerprint density at radius 1 is 1.33 bits per heavy atom. The summed E-state index contributed by atoms with van der Waals surface area (Å²) in [5, 5.41) is 8.05. The van der Waals surface area contributed by atoms with Gasteiger partial charge in [-0.2, -0.15) is 0 Å². The van der Waals surface area contributed by atoms with Gasteiger partial charge >= 0.3 is 29.6 Å². The Hall–Kier alpha value is 0.720. The summed E-state index contributed by atoms with van der Waals surface area (Å²) in [7, 11) is 0. The van der Waals surface area contributed by atoms with Crippen molar-refractivity contribution in [3.63, 3.8) is 0 Å². The molecule has 0 N–H and O–H groups in total. The predicted octanol–water partition coefficient (Wildman–Crippen LogP) is 0.770. The summed E-state index contributed by atoms with van der Waals surface area (Å²) in [6.07, 6.45) is 0. The second-order valence-electron chi connectivity index (χ2n) is 1.21. The number of nitrogens with zero attached hydrogens (tertiary/aromatic N) is 2. The molecule has 0 saturated heterocycles. The van der Waals surface area contributed by atoms with Gasteiger partial charge in [-0.3, -0.25) is 0 Å². The van der Waals surface area contributed by atoms with Crippen molar-refractivity contribution in [2.24, 2.45) is 0 Å². The van der Waals surface area contributed by atoms with Crippen LogP contribution in [-0.2, 0) is 0 Å². The molecule has 0 aliphatic rings. The van der Waals surface area contributed by atoms with Crippen LogP contribution in [0, 0.1) is 0 Å². The zero-order chi connectivity index (χ0) is 5.98. The molecule has 44 valence electrons. The maximum absolute atomic E-state index is 5.40. The third kappa shape index (κ3) is 3.43. The van der Waals surface area contributed by atoms with Crippen molar-refractivity contribution >= 4 is 53.8 Å². The van der Waals surface area contributed by atoms with E-state index in [9.17, 15) is 0 Å². The molecule has 0 radical (unpaired) electrons. The molecule has 0 fully saturated rings. The first-order valence-corrected chi connectivity index (χ1v) is 2.80. The molecule has 0 bridgehead atoms. The summed E-state index contributed by atoms with van der Waals surface area (Å²) >= 11 is 9.30. The van der Waals surface area contributed by atoms with Crippen molar-refractivity contribution < 1.29 is 0 Å². The average molecular weight is 171 g/mol. The first-order valence-electron chi connectivity index (χ1n) is 1.97. The minimum absolute atomic E-state index is 0. The van der Waals surface area contributed by atoms with Crippen LogP contribution in [0.25, 0.3) is 0 Å². The Morgan fingerprint density at radius 3 is 2.33 bits per heavy atom. The van der Waals surface area contributed by atoms with E-state index in [4.69, 9.17) is 11.6 Å². The third-order valence-corrected chi connectivity index (χ3v) is 1.06. The minimum atomic E-state index is 0. The zero-order valence-corrected chi connectivity index (χ0v) is 5.52. The second-order valence-corrected chi connectivity index (χ2v) is 2.06. The van der Waals surface area contributed by atoms with E-state index in [1.54, 1.807) is 12.1 Å². The van der Waals surface area contributed by atoms with E-state index in [2.05, 4.69) is 22.8 Å². The van der Waals surface area contributed by atoms with E-state index in [1.807, 2.05) is 0 Å². The van der Waals surface area contributed by atoms with Gasteiger partial charge in [-0.15, -0.1) is 22.8 Å². The summed E-state index contributed by atoms with van der Waals surface area (Å²) in [5.41, 5.74) is 0. The molecule has 2 nitrogen and oxygen atoms in total. The van der Waals surface area contributed by atoms with Crippen molar-refractivity contribution in [3.05, 3.63) is 17.3 Å².